The molecule has 1 heterocycles. The summed E-state index contributed by atoms with van der Waals surface area (Å²) >= 11 is 0. The molecule has 1 aromatic heterocycles. The summed E-state index contributed by atoms with van der Waals surface area (Å²) in [5.74, 6) is -0.536. The van der Waals surface area contributed by atoms with Crippen molar-refractivity contribution >= 4 is 17.6 Å². The molecule has 1 aliphatic carbocycles. The van der Waals surface area contributed by atoms with Gasteiger partial charge in [-0.15, -0.1) is 0 Å². The van der Waals surface area contributed by atoms with E-state index >= 15 is 0 Å². The second kappa shape index (κ2) is 4.04. The Labute approximate surface area is 104 Å². The highest BCUT2D eigenvalue weighted by Crippen LogP contribution is 2.25. The van der Waals surface area contributed by atoms with Crippen LogP contribution in [0.4, 0.5) is 0 Å². The third kappa shape index (κ3) is 1.57. The zero-order valence-electron chi connectivity index (χ0n) is 9.46. The highest BCUT2D eigenvalue weighted by molar-refractivity contribution is 6.40. The third-order valence-electron chi connectivity index (χ3n) is 2.87. The Balaban J connectivity index is 2.10. The minimum atomic E-state index is -0.292. The predicted octanol–water partition coefficient (Wildman–Crippen LogP) is 2.54. The van der Waals surface area contributed by atoms with Gasteiger partial charge in [0.2, 0.25) is 5.78 Å². The molecule has 0 fully saturated rings. The first-order valence-electron chi connectivity index (χ1n) is 5.58. The number of hydrogen-bond donors (Lipinski definition) is 0. The zero-order valence-corrected chi connectivity index (χ0v) is 9.46. The van der Waals surface area contributed by atoms with E-state index < -0.39 is 0 Å². The van der Waals surface area contributed by atoms with Crippen LogP contribution in [0.2, 0.25) is 0 Å². The molecule has 0 bridgehead atoms. The van der Waals surface area contributed by atoms with Crippen LogP contribution in [0.1, 0.15) is 26.4 Å². The van der Waals surface area contributed by atoms with E-state index in [0.29, 0.717) is 5.56 Å². The van der Waals surface area contributed by atoms with Crippen molar-refractivity contribution in [3.63, 3.8) is 0 Å². The summed E-state index contributed by atoms with van der Waals surface area (Å²) in [5.41, 5.74) is 1.67. The van der Waals surface area contributed by atoms with E-state index in [1.54, 1.807) is 18.2 Å². The number of benzene rings is 1. The van der Waals surface area contributed by atoms with Gasteiger partial charge in [-0.25, -0.2) is 0 Å². The van der Waals surface area contributed by atoms with Crippen LogP contribution in [0.3, 0.4) is 0 Å². The summed E-state index contributed by atoms with van der Waals surface area (Å²) < 4.78 is 0. The largest absolute Gasteiger partial charge is 0.288 e. The number of aromatic nitrogens is 1. The number of Topliss-reactive ketones (excluding diaryl/α,β-unsaturated/α-hetero) is 2. The number of pyridine rings is 1. The van der Waals surface area contributed by atoms with Gasteiger partial charge in [-0.05, 0) is 23.8 Å². The molecular formula is C15H9NO2. The maximum Gasteiger partial charge on any atom is 0.216 e. The fourth-order valence-electron chi connectivity index (χ4n) is 1.99. The Morgan fingerprint density at radius 2 is 1.67 bits per heavy atom. The quantitative estimate of drug-likeness (QED) is 0.563. The summed E-state index contributed by atoms with van der Waals surface area (Å²) in [6.45, 7) is 0. The van der Waals surface area contributed by atoms with Gasteiger partial charge < -0.3 is 0 Å². The molecule has 86 valence electrons. The first-order valence-corrected chi connectivity index (χ1v) is 5.58. The topological polar surface area (TPSA) is 47.0 Å². The van der Waals surface area contributed by atoms with Gasteiger partial charge in [0.25, 0.3) is 0 Å². The lowest BCUT2D eigenvalue weighted by molar-refractivity contribution is 0.0989. The molecule has 1 aromatic carbocycles. The van der Waals surface area contributed by atoms with E-state index in [1.165, 1.54) is 6.20 Å². The minimum Gasteiger partial charge on any atom is -0.288 e. The van der Waals surface area contributed by atoms with Crippen LogP contribution in [-0.4, -0.2) is 16.6 Å². The smallest absolute Gasteiger partial charge is 0.216 e. The lowest BCUT2D eigenvalue weighted by Gasteiger charge is -1.94. The van der Waals surface area contributed by atoms with Gasteiger partial charge in [-0.3, -0.25) is 14.6 Å². The molecule has 0 amide bonds. The zero-order chi connectivity index (χ0) is 12.5. The minimum absolute atomic E-state index is 0.190. The Kier molecular flexibility index (Phi) is 2.38. The number of allylic oxidation sites excluding steroid dienone is 1. The van der Waals surface area contributed by atoms with Crippen LogP contribution in [-0.2, 0) is 0 Å². The fraction of sp³-hybridized carbons (Fsp3) is 0. The number of fused-ring (bicyclic) bond motifs is 1. The molecule has 1 aliphatic rings. The summed E-state index contributed by atoms with van der Waals surface area (Å²) in [7, 11) is 0. The van der Waals surface area contributed by atoms with Crippen LogP contribution in [0.15, 0.2) is 54.2 Å². The number of hydrogen-bond acceptors (Lipinski definition) is 3. The van der Waals surface area contributed by atoms with Gasteiger partial charge in [0.15, 0.2) is 5.78 Å². The van der Waals surface area contributed by atoms with Crippen molar-refractivity contribution in [3.05, 3.63) is 71.1 Å². The van der Waals surface area contributed by atoms with Gasteiger partial charge in [-0.1, -0.05) is 30.3 Å². The van der Waals surface area contributed by atoms with Crippen LogP contribution < -0.4 is 0 Å². The van der Waals surface area contributed by atoms with Gasteiger partial charge in [-0.2, -0.15) is 0 Å². The molecule has 0 N–H and O–H groups in total. The Hall–Kier alpha value is -2.55. The molecular weight excluding hydrogens is 226 g/mol. The number of nitrogens with zero attached hydrogens (tertiary/aromatic N) is 1. The van der Waals surface area contributed by atoms with Gasteiger partial charge in [0, 0.05) is 6.20 Å². The van der Waals surface area contributed by atoms with E-state index in [4.69, 9.17) is 0 Å². The molecule has 2 aromatic rings. The van der Waals surface area contributed by atoms with E-state index in [-0.39, 0.29) is 22.8 Å². The average molecular weight is 235 g/mol. The monoisotopic (exact) mass is 235 g/mol. The van der Waals surface area contributed by atoms with Crippen molar-refractivity contribution in [1.29, 1.82) is 0 Å². The second-order valence-electron chi connectivity index (χ2n) is 4.03. The SMILES string of the molecule is O=C1/C(=C\c2ccccc2)C(=O)c2ncccc21. The fourth-order valence-corrected chi connectivity index (χ4v) is 1.99. The molecule has 0 aliphatic heterocycles. The van der Waals surface area contributed by atoms with Crippen molar-refractivity contribution in [2.24, 2.45) is 0 Å². The van der Waals surface area contributed by atoms with Crippen LogP contribution in [0.5, 0.6) is 0 Å². The van der Waals surface area contributed by atoms with Gasteiger partial charge >= 0.3 is 0 Å². The highest BCUT2D eigenvalue weighted by atomic mass is 16.2. The van der Waals surface area contributed by atoms with Crippen LogP contribution in [0, 0.1) is 0 Å². The Bertz CT molecular complexity index is 635. The lowest BCUT2D eigenvalue weighted by atomic mass is 10.1. The number of rotatable bonds is 1. The third-order valence-corrected chi connectivity index (χ3v) is 2.87. The summed E-state index contributed by atoms with van der Waals surface area (Å²) in [4.78, 5) is 28.1. The maximum absolute atomic E-state index is 12.1. The second-order valence-corrected chi connectivity index (χ2v) is 4.03. The van der Waals surface area contributed by atoms with Crippen molar-refractivity contribution in [3.8, 4) is 0 Å². The summed E-state index contributed by atoms with van der Waals surface area (Å²) in [6, 6.07) is 12.6. The average Bonchev–Trinajstić information content (AvgIpc) is 2.66. The van der Waals surface area contributed by atoms with Crippen LogP contribution in [0.25, 0.3) is 6.08 Å². The molecule has 3 nitrogen and oxygen atoms in total. The Morgan fingerprint density at radius 3 is 2.39 bits per heavy atom. The van der Waals surface area contributed by atoms with Gasteiger partial charge in [0.05, 0.1) is 11.1 Å². The first-order chi connectivity index (χ1) is 8.77. The standard InChI is InChI=1S/C15H9NO2/c17-14-11-7-4-8-16-13(11)15(18)12(14)9-10-5-2-1-3-6-10/h1-9H/b12-9+. The normalized spacial score (nSPS) is 16.1. The molecule has 0 spiro atoms. The molecule has 0 unspecified atom stereocenters. The Morgan fingerprint density at radius 1 is 0.889 bits per heavy atom. The van der Waals surface area contributed by atoms with E-state index in [1.807, 2.05) is 30.3 Å². The molecule has 18 heavy (non-hydrogen) atoms. The summed E-state index contributed by atoms with van der Waals surface area (Å²) in [5, 5.41) is 0. The van der Waals surface area contributed by atoms with E-state index in [2.05, 4.69) is 4.98 Å². The molecule has 0 radical (unpaired) electrons. The molecule has 0 atom stereocenters. The predicted molar refractivity (Wildman–Crippen MR) is 67.3 cm³/mol. The molecule has 3 rings (SSSR count). The van der Waals surface area contributed by atoms with Crippen molar-refractivity contribution in [1.82, 2.24) is 4.98 Å². The lowest BCUT2D eigenvalue weighted by Crippen LogP contribution is -2.00. The number of ketones is 2. The van der Waals surface area contributed by atoms with Crippen molar-refractivity contribution in [2.75, 3.05) is 0 Å². The molecule has 0 saturated heterocycles. The first kappa shape index (κ1) is 10.6. The molecule has 0 saturated carbocycles. The maximum atomic E-state index is 12.1. The molecule has 3 heteroatoms. The van der Waals surface area contributed by atoms with Crippen molar-refractivity contribution in [2.45, 2.75) is 0 Å². The van der Waals surface area contributed by atoms with Crippen molar-refractivity contribution < 1.29 is 9.59 Å². The van der Waals surface area contributed by atoms with E-state index in [9.17, 15) is 9.59 Å². The summed E-state index contributed by atoms with van der Waals surface area (Å²) in [6.07, 6.45) is 3.14. The number of carbonyl (C=O) groups excluding carboxylic acids is 2. The van der Waals surface area contributed by atoms with Crippen LogP contribution >= 0.6 is 0 Å². The van der Waals surface area contributed by atoms with Gasteiger partial charge in [0.1, 0.15) is 5.69 Å². The van der Waals surface area contributed by atoms with E-state index in [0.717, 1.165) is 5.56 Å². The highest BCUT2D eigenvalue weighted by Gasteiger charge is 2.33. The number of carbonyl (C=O) groups is 2.